The Morgan fingerprint density at radius 1 is 0.267 bits per heavy atom. The topological polar surface area (TPSA) is 0 Å². The van der Waals surface area contributed by atoms with Crippen LogP contribution in [0.2, 0.25) is 0 Å². The Hall–Kier alpha value is -5.72. The number of rotatable bonds is 4. The molecule has 0 spiro atoms. The maximum absolute atomic E-state index is 2.39. The van der Waals surface area contributed by atoms with Gasteiger partial charge in [0.05, 0.1) is 0 Å². The third-order valence-corrected chi connectivity index (χ3v) is 9.53. The molecule has 0 aromatic heterocycles. The van der Waals surface area contributed by atoms with E-state index in [9.17, 15) is 0 Å². The van der Waals surface area contributed by atoms with Gasteiger partial charge in [0.2, 0.25) is 0 Å². The molecule has 1 aliphatic rings. The van der Waals surface area contributed by atoms with Crippen LogP contribution in [0.5, 0.6) is 0 Å². The second kappa shape index (κ2) is 10.5. The Morgan fingerprint density at radius 3 is 1.38 bits per heavy atom. The Bertz CT molecular complexity index is 2310. The molecule has 0 saturated heterocycles. The quantitative estimate of drug-likeness (QED) is 0.185. The predicted octanol–water partition coefficient (Wildman–Crippen LogP) is 12.2. The first-order valence-corrected chi connectivity index (χ1v) is 15.7. The van der Waals surface area contributed by atoms with Crippen molar-refractivity contribution in [3.63, 3.8) is 0 Å². The van der Waals surface area contributed by atoms with Crippen molar-refractivity contribution >= 4 is 21.5 Å². The van der Waals surface area contributed by atoms with Gasteiger partial charge in [0.25, 0.3) is 0 Å². The van der Waals surface area contributed by atoms with E-state index in [4.69, 9.17) is 0 Å². The van der Waals surface area contributed by atoms with E-state index < -0.39 is 0 Å². The SMILES string of the molecule is c1ccc(-c2ccc(-c3ccc(-c4c5ccccc5c(-c5ccccc5)c5ccccc45)c4c3Cc3ccccc3-4)cc2)cc1. The van der Waals surface area contributed by atoms with Crippen molar-refractivity contribution in [1.29, 1.82) is 0 Å². The molecule has 45 heavy (non-hydrogen) atoms. The molecular weight excluding hydrogens is 540 g/mol. The van der Waals surface area contributed by atoms with Crippen molar-refractivity contribution in [2.75, 3.05) is 0 Å². The minimum Gasteiger partial charge on any atom is -0.0622 e. The molecule has 0 heterocycles. The van der Waals surface area contributed by atoms with Crippen molar-refractivity contribution in [2.45, 2.75) is 6.42 Å². The summed E-state index contributed by atoms with van der Waals surface area (Å²) in [5.74, 6) is 0. The molecule has 8 aromatic carbocycles. The second-order valence-corrected chi connectivity index (χ2v) is 12.0. The van der Waals surface area contributed by atoms with Gasteiger partial charge in [0, 0.05) is 0 Å². The Labute approximate surface area is 263 Å². The van der Waals surface area contributed by atoms with E-state index in [1.807, 2.05) is 0 Å². The zero-order valence-corrected chi connectivity index (χ0v) is 24.9. The van der Waals surface area contributed by atoms with E-state index in [-0.39, 0.29) is 0 Å². The van der Waals surface area contributed by atoms with Crippen LogP contribution in [0, 0.1) is 0 Å². The van der Waals surface area contributed by atoms with Crippen molar-refractivity contribution in [3.05, 3.63) is 181 Å². The molecule has 0 fully saturated rings. The van der Waals surface area contributed by atoms with Gasteiger partial charge in [0.15, 0.2) is 0 Å². The molecule has 0 aliphatic heterocycles. The number of hydrogen-bond donors (Lipinski definition) is 0. The zero-order valence-electron chi connectivity index (χ0n) is 24.9. The summed E-state index contributed by atoms with van der Waals surface area (Å²) in [6.45, 7) is 0. The molecule has 0 unspecified atom stereocenters. The summed E-state index contributed by atoms with van der Waals surface area (Å²) in [5.41, 5.74) is 15.8. The summed E-state index contributed by atoms with van der Waals surface area (Å²) in [5, 5.41) is 5.17. The van der Waals surface area contributed by atoms with E-state index in [0.717, 1.165) is 6.42 Å². The second-order valence-electron chi connectivity index (χ2n) is 12.0. The van der Waals surface area contributed by atoms with Gasteiger partial charge in [-0.15, -0.1) is 0 Å². The third kappa shape index (κ3) is 4.14. The van der Waals surface area contributed by atoms with Crippen molar-refractivity contribution in [3.8, 4) is 55.6 Å². The molecule has 0 amide bonds. The van der Waals surface area contributed by atoms with Gasteiger partial charge in [0.1, 0.15) is 0 Å². The van der Waals surface area contributed by atoms with Gasteiger partial charge in [-0.25, -0.2) is 0 Å². The highest BCUT2D eigenvalue weighted by atomic mass is 14.3. The summed E-state index contributed by atoms with van der Waals surface area (Å²) < 4.78 is 0. The molecule has 1 aliphatic carbocycles. The highest BCUT2D eigenvalue weighted by Gasteiger charge is 2.27. The summed E-state index contributed by atoms with van der Waals surface area (Å²) in [7, 11) is 0. The molecule has 0 saturated carbocycles. The summed E-state index contributed by atoms with van der Waals surface area (Å²) in [6.07, 6.45) is 0.938. The van der Waals surface area contributed by atoms with E-state index in [1.165, 1.54) is 88.3 Å². The molecule has 8 aromatic rings. The highest BCUT2D eigenvalue weighted by molar-refractivity contribution is 6.22. The fourth-order valence-corrected chi connectivity index (χ4v) is 7.53. The van der Waals surface area contributed by atoms with Crippen LogP contribution in [0.3, 0.4) is 0 Å². The van der Waals surface area contributed by atoms with E-state index in [0.29, 0.717) is 0 Å². The Kier molecular flexibility index (Phi) is 5.99. The van der Waals surface area contributed by atoms with Gasteiger partial charge in [-0.2, -0.15) is 0 Å². The summed E-state index contributed by atoms with van der Waals surface area (Å²) >= 11 is 0. The van der Waals surface area contributed by atoms with Gasteiger partial charge in [-0.1, -0.05) is 170 Å². The predicted molar refractivity (Wildman–Crippen MR) is 191 cm³/mol. The Balaban J connectivity index is 1.32. The van der Waals surface area contributed by atoms with E-state index in [2.05, 4.69) is 170 Å². The minimum atomic E-state index is 0.938. The van der Waals surface area contributed by atoms with Gasteiger partial charge in [-0.3, -0.25) is 0 Å². The largest absolute Gasteiger partial charge is 0.0622 e. The standard InChI is InChI=1S/C45H30/c1-3-13-30(14-4-1)31-23-25-32(26-24-31)35-27-28-41(44-36-18-8-7-17-34(36)29-42(35)44)45-39-21-11-9-19-37(39)43(33-15-5-2-6-16-33)38-20-10-12-22-40(38)45/h1-28H,29H2. The average Bonchev–Trinajstić information content (AvgIpc) is 3.51. The van der Waals surface area contributed by atoms with E-state index >= 15 is 0 Å². The molecule has 0 heteroatoms. The van der Waals surface area contributed by atoms with E-state index in [1.54, 1.807) is 0 Å². The lowest BCUT2D eigenvalue weighted by Crippen LogP contribution is -1.95. The van der Waals surface area contributed by atoms with Crippen LogP contribution in [-0.4, -0.2) is 0 Å². The van der Waals surface area contributed by atoms with Gasteiger partial charge < -0.3 is 0 Å². The number of benzene rings is 8. The maximum Gasteiger partial charge on any atom is -0.000706 e. The average molecular weight is 571 g/mol. The molecular formula is C45H30. The summed E-state index contributed by atoms with van der Waals surface area (Å²) in [4.78, 5) is 0. The smallest absolute Gasteiger partial charge is 0.000706 e. The van der Waals surface area contributed by atoms with Crippen LogP contribution >= 0.6 is 0 Å². The van der Waals surface area contributed by atoms with Crippen LogP contribution in [-0.2, 0) is 6.42 Å². The first kappa shape index (κ1) is 25.7. The third-order valence-electron chi connectivity index (χ3n) is 9.53. The first-order valence-electron chi connectivity index (χ1n) is 15.7. The van der Waals surface area contributed by atoms with Crippen molar-refractivity contribution < 1.29 is 0 Å². The highest BCUT2D eigenvalue weighted by Crippen LogP contribution is 2.51. The molecule has 0 bridgehead atoms. The molecule has 210 valence electrons. The lowest BCUT2D eigenvalue weighted by Gasteiger charge is -2.21. The molecule has 9 rings (SSSR count). The van der Waals surface area contributed by atoms with Crippen molar-refractivity contribution in [1.82, 2.24) is 0 Å². The fraction of sp³-hybridized carbons (Fsp3) is 0.0222. The van der Waals surface area contributed by atoms with Crippen LogP contribution in [0.15, 0.2) is 170 Å². The monoisotopic (exact) mass is 570 g/mol. The maximum atomic E-state index is 2.39. The Morgan fingerprint density at radius 2 is 0.733 bits per heavy atom. The minimum absolute atomic E-state index is 0.938. The first-order chi connectivity index (χ1) is 22.3. The normalized spacial score (nSPS) is 11.9. The number of hydrogen-bond acceptors (Lipinski definition) is 0. The van der Waals surface area contributed by atoms with Crippen LogP contribution in [0.25, 0.3) is 77.2 Å². The van der Waals surface area contributed by atoms with Crippen molar-refractivity contribution in [2.24, 2.45) is 0 Å². The lowest BCUT2D eigenvalue weighted by atomic mass is 9.82. The molecule has 0 nitrogen and oxygen atoms in total. The van der Waals surface area contributed by atoms with Gasteiger partial charge >= 0.3 is 0 Å². The zero-order chi connectivity index (χ0) is 29.7. The lowest BCUT2D eigenvalue weighted by molar-refractivity contribution is 1.26. The summed E-state index contributed by atoms with van der Waals surface area (Å²) in [6, 6.07) is 62.3. The number of fused-ring (bicyclic) bond motifs is 5. The van der Waals surface area contributed by atoms with Gasteiger partial charge in [-0.05, 0) is 94.7 Å². The fourth-order valence-electron chi connectivity index (χ4n) is 7.53. The molecule has 0 N–H and O–H groups in total. The van der Waals surface area contributed by atoms with Crippen LogP contribution in [0.4, 0.5) is 0 Å². The van der Waals surface area contributed by atoms with Crippen LogP contribution in [0.1, 0.15) is 11.1 Å². The van der Waals surface area contributed by atoms with Crippen LogP contribution < -0.4 is 0 Å². The molecule has 0 atom stereocenters. The molecule has 0 radical (unpaired) electrons.